The topological polar surface area (TPSA) is 150 Å². The van der Waals surface area contributed by atoms with Gasteiger partial charge in [0.05, 0.1) is 42.7 Å². The van der Waals surface area contributed by atoms with Crippen molar-refractivity contribution in [3.63, 3.8) is 0 Å². The van der Waals surface area contributed by atoms with Gasteiger partial charge in [-0.15, -0.1) is 0 Å². The fourth-order valence-corrected chi connectivity index (χ4v) is 5.88. The second-order valence-electron chi connectivity index (χ2n) is 12.6. The summed E-state index contributed by atoms with van der Waals surface area (Å²) in [6.45, 7) is 10.7. The van der Waals surface area contributed by atoms with Gasteiger partial charge in [0.1, 0.15) is 16.9 Å². The SMILES string of the molecule is COc1ncc2c(N3C[C@@H](C)N(C(=O)OC(C)(C)C)[C@@H](C)C3)ccc(C(=O)Nc3cc(Oc4ccnnc4)c4nn(C)cc4c3)c2n1. The Labute approximate surface area is 271 Å². The van der Waals surface area contributed by atoms with Crippen molar-refractivity contribution in [3.05, 3.63) is 60.7 Å². The number of hydrogen-bond donors (Lipinski definition) is 1. The van der Waals surface area contributed by atoms with Crippen molar-refractivity contribution in [3.8, 4) is 17.5 Å². The van der Waals surface area contributed by atoms with Crippen LogP contribution in [0.5, 0.6) is 17.5 Å². The van der Waals surface area contributed by atoms with Crippen LogP contribution >= 0.6 is 0 Å². The van der Waals surface area contributed by atoms with Gasteiger partial charge in [-0.25, -0.2) is 9.78 Å². The molecule has 4 heterocycles. The van der Waals surface area contributed by atoms with Crippen LogP contribution in [0.4, 0.5) is 16.2 Å². The Bertz CT molecular complexity index is 1950. The first-order valence-electron chi connectivity index (χ1n) is 15.2. The van der Waals surface area contributed by atoms with Crippen molar-refractivity contribution in [2.45, 2.75) is 52.3 Å². The van der Waals surface area contributed by atoms with E-state index in [1.54, 1.807) is 34.0 Å². The number of nitrogens with one attached hydrogen (secondary N) is 1. The van der Waals surface area contributed by atoms with Gasteiger partial charge in [-0.2, -0.15) is 20.3 Å². The molecular formula is C33H37N9O5. The Hall–Kier alpha value is -5.53. The van der Waals surface area contributed by atoms with Crippen LogP contribution in [-0.4, -0.2) is 84.7 Å². The first-order chi connectivity index (χ1) is 22.4. The van der Waals surface area contributed by atoms with Crippen molar-refractivity contribution >= 4 is 45.2 Å². The summed E-state index contributed by atoms with van der Waals surface area (Å²) in [5.74, 6) is 0.555. The Morgan fingerprint density at radius 2 is 1.77 bits per heavy atom. The van der Waals surface area contributed by atoms with Crippen LogP contribution in [-0.2, 0) is 11.8 Å². The number of aryl methyl sites for hydroxylation is 1. The molecule has 1 fully saturated rings. The smallest absolute Gasteiger partial charge is 0.410 e. The number of piperazine rings is 1. The number of fused-ring (bicyclic) bond motifs is 2. The number of carbonyl (C=O) groups is 2. The van der Waals surface area contributed by atoms with E-state index in [2.05, 4.69) is 35.5 Å². The minimum atomic E-state index is -0.591. The second-order valence-corrected chi connectivity index (χ2v) is 12.6. The summed E-state index contributed by atoms with van der Waals surface area (Å²) < 4.78 is 18.8. The first-order valence-corrected chi connectivity index (χ1v) is 15.2. The average molecular weight is 640 g/mol. The summed E-state index contributed by atoms with van der Waals surface area (Å²) in [6, 6.07) is 8.75. The normalized spacial score (nSPS) is 16.7. The third-order valence-corrected chi connectivity index (χ3v) is 7.73. The molecule has 14 nitrogen and oxygen atoms in total. The van der Waals surface area contributed by atoms with Gasteiger partial charge in [-0.1, -0.05) is 0 Å². The highest BCUT2D eigenvalue weighted by atomic mass is 16.6. The zero-order chi connectivity index (χ0) is 33.5. The molecule has 47 heavy (non-hydrogen) atoms. The summed E-state index contributed by atoms with van der Waals surface area (Å²) >= 11 is 0. The van der Waals surface area contributed by atoms with E-state index in [4.69, 9.17) is 14.2 Å². The molecule has 14 heteroatoms. The number of aromatic nitrogens is 6. The van der Waals surface area contributed by atoms with Gasteiger partial charge < -0.3 is 24.4 Å². The molecule has 0 radical (unpaired) electrons. The van der Waals surface area contributed by atoms with Gasteiger partial charge >= 0.3 is 12.1 Å². The number of hydrogen-bond acceptors (Lipinski definition) is 11. The summed E-state index contributed by atoms with van der Waals surface area (Å²) in [5, 5.41) is 16.7. The standard InChI is InChI=1S/C33H37N9O5/c1-19-16-41(17-20(2)42(19)32(44)47-33(3,4)5)26-9-8-24(29-25(26)15-34-31(38-29)45-7)30(43)37-22-12-21-18-40(6)39-28(21)27(13-22)46-23-10-11-35-36-14-23/h8-15,18-20H,16-17H2,1-7H3,(H,37,43)/t19-,20+. The molecule has 0 saturated carbocycles. The van der Waals surface area contributed by atoms with Crippen molar-refractivity contribution in [1.82, 2.24) is 34.8 Å². The molecule has 6 rings (SSSR count). The number of rotatable bonds is 6. The number of methoxy groups -OCH3 is 1. The lowest BCUT2D eigenvalue weighted by Crippen LogP contribution is -2.59. The van der Waals surface area contributed by atoms with Crippen LogP contribution in [0.25, 0.3) is 21.8 Å². The zero-order valence-corrected chi connectivity index (χ0v) is 27.4. The zero-order valence-electron chi connectivity index (χ0n) is 27.4. The molecule has 1 aliphatic heterocycles. The Kier molecular flexibility index (Phi) is 8.26. The van der Waals surface area contributed by atoms with E-state index in [1.807, 2.05) is 60.0 Å². The minimum absolute atomic E-state index is 0.132. The molecule has 0 bridgehead atoms. The number of nitrogens with zero attached hydrogens (tertiary/aromatic N) is 8. The molecule has 2 amide bonds. The Balaban J connectivity index is 1.31. The molecule has 244 valence electrons. The maximum atomic E-state index is 13.9. The van der Waals surface area contributed by atoms with Crippen LogP contribution in [0.3, 0.4) is 0 Å². The molecule has 5 aromatic rings. The summed E-state index contributed by atoms with van der Waals surface area (Å²) in [7, 11) is 3.29. The lowest BCUT2D eigenvalue weighted by atomic mass is 10.0. The lowest BCUT2D eigenvalue weighted by molar-refractivity contribution is 0.00566. The van der Waals surface area contributed by atoms with E-state index in [0.29, 0.717) is 52.3 Å². The predicted octanol–water partition coefficient (Wildman–Crippen LogP) is 5.19. The first kappa shape index (κ1) is 31.5. The van der Waals surface area contributed by atoms with Crippen molar-refractivity contribution < 1.29 is 23.8 Å². The Morgan fingerprint density at radius 3 is 2.45 bits per heavy atom. The largest absolute Gasteiger partial charge is 0.467 e. The molecule has 0 spiro atoms. The molecule has 1 saturated heterocycles. The molecule has 0 aliphatic carbocycles. The maximum absolute atomic E-state index is 13.9. The van der Waals surface area contributed by atoms with Gasteiger partial charge in [0.15, 0.2) is 5.75 Å². The fourth-order valence-electron chi connectivity index (χ4n) is 5.88. The summed E-state index contributed by atoms with van der Waals surface area (Å²) in [5.41, 5.74) is 2.16. The quantitative estimate of drug-likeness (QED) is 0.261. The summed E-state index contributed by atoms with van der Waals surface area (Å²) in [6.07, 6.45) is 6.20. The monoisotopic (exact) mass is 639 g/mol. The number of anilines is 2. The number of ether oxygens (including phenoxy) is 3. The number of benzene rings is 2. The predicted molar refractivity (Wildman–Crippen MR) is 176 cm³/mol. The van der Waals surface area contributed by atoms with Crippen LogP contribution in [0.15, 0.2) is 55.1 Å². The molecular weight excluding hydrogens is 602 g/mol. The van der Waals surface area contributed by atoms with E-state index in [-0.39, 0.29) is 30.1 Å². The third-order valence-electron chi connectivity index (χ3n) is 7.73. The van der Waals surface area contributed by atoms with Crippen molar-refractivity contribution in [1.29, 1.82) is 0 Å². The van der Waals surface area contributed by atoms with Crippen LogP contribution < -0.4 is 19.7 Å². The summed E-state index contributed by atoms with van der Waals surface area (Å²) in [4.78, 5) is 39.8. The van der Waals surface area contributed by atoms with Gasteiger partial charge in [0, 0.05) is 66.8 Å². The lowest BCUT2D eigenvalue weighted by Gasteiger charge is -2.45. The third kappa shape index (κ3) is 6.57. The number of carbonyl (C=O) groups excluding carboxylic acids is 2. The highest BCUT2D eigenvalue weighted by Gasteiger charge is 2.36. The molecule has 2 aromatic carbocycles. The van der Waals surface area contributed by atoms with Crippen molar-refractivity contribution in [2.24, 2.45) is 7.05 Å². The fraction of sp³-hybridized carbons (Fsp3) is 0.364. The Morgan fingerprint density at radius 1 is 1.00 bits per heavy atom. The number of amides is 2. The highest BCUT2D eigenvalue weighted by Crippen LogP contribution is 2.35. The second kappa shape index (κ2) is 12.3. The van der Waals surface area contributed by atoms with Crippen LogP contribution in [0, 0.1) is 0 Å². The molecule has 0 unspecified atom stereocenters. The molecule has 1 N–H and O–H groups in total. The average Bonchev–Trinajstić information content (AvgIpc) is 3.39. The highest BCUT2D eigenvalue weighted by molar-refractivity contribution is 6.14. The maximum Gasteiger partial charge on any atom is 0.410 e. The van der Waals surface area contributed by atoms with E-state index in [9.17, 15) is 9.59 Å². The van der Waals surface area contributed by atoms with E-state index in [1.165, 1.54) is 19.5 Å². The molecule has 3 aromatic heterocycles. The van der Waals surface area contributed by atoms with Gasteiger partial charge in [0.25, 0.3) is 5.91 Å². The van der Waals surface area contributed by atoms with E-state index in [0.717, 1.165) is 11.1 Å². The van der Waals surface area contributed by atoms with Crippen LogP contribution in [0.2, 0.25) is 0 Å². The van der Waals surface area contributed by atoms with E-state index < -0.39 is 5.60 Å². The molecule has 1 aliphatic rings. The van der Waals surface area contributed by atoms with Gasteiger partial charge in [0.2, 0.25) is 0 Å². The van der Waals surface area contributed by atoms with Crippen molar-refractivity contribution in [2.75, 3.05) is 30.4 Å². The van der Waals surface area contributed by atoms with Crippen LogP contribution in [0.1, 0.15) is 45.0 Å². The minimum Gasteiger partial charge on any atom is -0.467 e. The van der Waals surface area contributed by atoms with Gasteiger partial charge in [-0.3, -0.25) is 14.4 Å². The van der Waals surface area contributed by atoms with Gasteiger partial charge in [-0.05, 0) is 52.8 Å². The molecule has 2 atom stereocenters. The van der Waals surface area contributed by atoms with E-state index >= 15 is 0 Å².